The van der Waals surface area contributed by atoms with Gasteiger partial charge < -0.3 is 14.3 Å². The van der Waals surface area contributed by atoms with Crippen LogP contribution in [0.4, 0.5) is 0 Å². The first kappa shape index (κ1) is 18.6. The second kappa shape index (κ2) is 8.53. The molecule has 2 heterocycles. The highest BCUT2D eigenvalue weighted by Crippen LogP contribution is 2.29. The molecule has 2 fully saturated rings. The van der Waals surface area contributed by atoms with Gasteiger partial charge in [0.2, 0.25) is 0 Å². The highest BCUT2D eigenvalue weighted by molar-refractivity contribution is 5.53. The van der Waals surface area contributed by atoms with Crippen LogP contribution >= 0.6 is 0 Å². The molecule has 2 aromatic rings. The van der Waals surface area contributed by atoms with Crippen LogP contribution in [0.2, 0.25) is 0 Å². The molecule has 1 aliphatic carbocycles. The summed E-state index contributed by atoms with van der Waals surface area (Å²) in [6.07, 6.45) is 9.14. The molecule has 1 aromatic carbocycles. The Morgan fingerprint density at radius 2 is 1.74 bits per heavy atom. The van der Waals surface area contributed by atoms with Crippen LogP contribution < -0.4 is 0 Å². The van der Waals surface area contributed by atoms with Crippen molar-refractivity contribution in [2.24, 2.45) is 5.92 Å². The van der Waals surface area contributed by atoms with Crippen LogP contribution in [0.15, 0.2) is 28.8 Å². The summed E-state index contributed by atoms with van der Waals surface area (Å²) in [6.45, 7) is 3.43. The van der Waals surface area contributed by atoms with Crippen molar-refractivity contribution in [2.45, 2.75) is 57.5 Å². The molecule has 5 nitrogen and oxygen atoms in total. The van der Waals surface area contributed by atoms with Crippen LogP contribution in [0.3, 0.4) is 0 Å². The van der Waals surface area contributed by atoms with Crippen LogP contribution in [-0.2, 0) is 13.0 Å². The summed E-state index contributed by atoms with van der Waals surface area (Å²) in [5.41, 5.74) is 2.30. The lowest BCUT2D eigenvalue weighted by Gasteiger charge is -2.35. The molecule has 0 bridgehead atoms. The number of likely N-dealkylation sites (tertiary alicyclic amines) is 1. The molecule has 27 heavy (non-hydrogen) atoms. The number of hydrogen-bond donors (Lipinski definition) is 0. The SMILES string of the molecule is CN(C)Cc1ccc(-c2nc(CC3CCN(C4CCCC4)CC3)no2)cc1. The maximum Gasteiger partial charge on any atom is 0.257 e. The zero-order chi connectivity index (χ0) is 18.6. The van der Waals surface area contributed by atoms with Gasteiger partial charge in [-0.1, -0.05) is 30.1 Å². The third-order valence-corrected chi connectivity index (χ3v) is 6.13. The Morgan fingerprint density at radius 1 is 1.04 bits per heavy atom. The average Bonchev–Trinajstić information content (AvgIpc) is 3.35. The Morgan fingerprint density at radius 3 is 2.41 bits per heavy atom. The number of aromatic nitrogens is 2. The van der Waals surface area contributed by atoms with Crippen LogP contribution in [0, 0.1) is 5.92 Å². The fourth-order valence-corrected chi connectivity index (χ4v) is 4.62. The number of benzene rings is 1. The van der Waals surface area contributed by atoms with Crippen molar-refractivity contribution < 1.29 is 4.52 Å². The molecule has 0 unspecified atom stereocenters. The van der Waals surface area contributed by atoms with E-state index in [1.807, 2.05) is 0 Å². The van der Waals surface area contributed by atoms with Gasteiger partial charge in [-0.2, -0.15) is 4.98 Å². The standard InChI is InChI=1S/C22H32N4O/c1-25(2)16-18-7-9-19(10-8-18)22-23-21(24-27-22)15-17-11-13-26(14-12-17)20-5-3-4-6-20/h7-10,17,20H,3-6,11-16H2,1-2H3. The van der Waals surface area contributed by atoms with E-state index in [9.17, 15) is 0 Å². The minimum absolute atomic E-state index is 0.643. The maximum atomic E-state index is 5.53. The first-order valence-electron chi connectivity index (χ1n) is 10.5. The summed E-state index contributed by atoms with van der Waals surface area (Å²) in [6, 6.07) is 9.29. The Kier molecular flexibility index (Phi) is 5.89. The van der Waals surface area contributed by atoms with Gasteiger partial charge in [0.25, 0.3) is 5.89 Å². The monoisotopic (exact) mass is 368 g/mol. The Balaban J connectivity index is 1.30. The highest BCUT2D eigenvalue weighted by Gasteiger charge is 2.27. The van der Waals surface area contributed by atoms with Crippen LogP contribution in [0.5, 0.6) is 0 Å². The largest absolute Gasteiger partial charge is 0.334 e. The molecular formula is C22H32N4O. The van der Waals surface area contributed by atoms with Gasteiger partial charge in [-0.3, -0.25) is 0 Å². The maximum absolute atomic E-state index is 5.53. The predicted octanol–water partition coefficient (Wildman–Crippen LogP) is 4.00. The second-order valence-corrected chi connectivity index (χ2v) is 8.57. The average molecular weight is 369 g/mol. The van der Waals surface area contributed by atoms with E-state index in [0.29, 0.717) is 11.8 Å². The summed E-state index contributed by atoms with van der Waals surface area (Å²) < 4.78 is 5.53. The van der Waals surface area contributed by atoms with Crippen LogP contribution in [0.25, 0.3) is 11.5 Å². The second-order valence-electron chi connectivity index (χ2n) is 8.57. The smallest absolute Gasteiger partial charge is 0.257 e. The third kappa shape index (κ3) is 4.77. The lowest BCUT2D eigenvalue weighted by molar-refractivity contribution is 0.133. The minimum Gasteiger partial charge on any atom is -0.334 e. The zero-order valence-electron chi connectivity index (χ0n) is 16.7. The lowest BCUT2D eigenvalue weighted by Crippen LogP contribution is -2.40. The summed E-state index contributed by atoms with van der Waals surface area (Å²) in [5.74, 6) is 2.20. The Hall–Kier alpha value is -1.72. The van der Waals surface area contributed by atoms with E-state index in [1.54, 1.807) is 0 Å². The van der Waals surface area contributed by atoms with E-state index >= 15 is 0 Å². The minimum atomic E-state index is 0.643. The third-order valence-electron chi connectivity index (χ3n) is 6.13. The van der Waals surface area contributed by atoms with Gasteiger partial charge in [0.05, 0.1) is 0 Å². The van der Waals surface area contributed by atoms with Crippen molar-refractivity contribution >= 4 is 0 Å². The number of rotatable bonds is 6. The van der Waals surface area contributed by atoms with Gasteiger partial charge >= 0.3 is 0 Å². The van der Waals surface area contributed by atoms with E-state index < -0.39 is 0 Å². The quantitative estimate of drug-likeness (QED) is 0.771. The molecule has 0 amide bonds. The van der Waals surface area contributed by atoms with Gasteiger partial charge in [-0.05, 0) is 76.5 Å². The molecule has 0 radical (unpaired) electrons. The molecular weight excluding hydrogens is 336 g/mol. The van der Waals surface area contributed by atoms with E-state index in [-0.39, 0.29) is 0 Å². The molecule has 1 aromatic heterocycles. The van der Waals surface area contributed by atoms with Crippen molar-refractivity contribution in [3.05, 3.63) is 35.7 Å². The molecule has 1 aliphatic heterocycles. The summed E-state index contributed by atoms with van der Waals surface area (Å²) in [4.78, 5) is 9.55. The number of nitrogens with zero attached hydrogens (tertiary/aromatic N) is 4. The number of hydrogen-bond acceptors (Lipinski definition) is 5. The normalized spacial score (nSPS) is 20.0. The first-order chi connectivity index (χ1) is 13.2. The summed E-state index contributed by atoms with van der Waals surface area (Å²) in [7, 11) is 4.16. The van der Waals surface area contributed by atoms with Gasteiger partial charge in [0, 0.05) is 24.6 Å². The predicted molar refractivity (Wildman–Crippen MR) is 107 cm³/mol. The molecule has 0 spiro atoms. The van der Waals surface area contributed by atoms with Gasteiger partial charge in [0.1, 0.15) is 0 Å². The highest BCUT2D eigenvalue weighted by atomic mass is 16.5. The Labute approximate surface area is 162 Å². The van der Waals surface area contributed by atoms with E-state index in [4.69, 9.17) is 4.52 Å². The van der Waals surface area contributed by atoms with E-state index in [0.717, 1.165) is 30.4 Å². The van der Waals surface area contributed by atoms with Crippen LogP contribution in [-0.4, -0.2) is 53.2 Å². The zero-order valence-corrected chi connectivity index (χ0v) is 16.7. The Bertz CT molecular complexity index is 710. The topological polar surface area (TPSA) is 45.4 Å². The molecule has 1 saturated heterocycles. The molecule has 0 atom stereocenters. The fraction of sp³-hybridized carbons (Fsp3) is 0.636. The van der Waals surface area contributed by atoms with Crippen molar-refractivity contribution in [2.75, 3.05) is 27.2 Å². The van der Waals surface area contributed by atoms with Gasteiger partial charge in [-0.15, -0.1) is 0 Å². The van der Waals surface area contributed by atoms with Crippen molar-refractivity contribution in [3.63, 3.8) is 0 Å². The van der Waals surface area contributed by atoms with E-state index in [2.05, 4.69) is 58.3 Å². The molecule has 4 rings (SSSR count). The summed E-state index contributed by atoms with van der Waals surface area (Å²) >= 11 is 0. The van der Waals surface area contributed by atoms with E-state index in [1.165, 1.54) is 57.2 Å². The fourth-order valence-electron chi connectivity index (χ4n) is 4.62. The first-order valence-corrected chi connectivity index (χ1v) is 10.5. The van der Waals surface area contributed by atoms with Crippen molar-refractivity contribution in [1.82, 2.24) is 19.9 Å². The molecule has 1 saturated carbocycles. The molecule has 146 valence electrons. The van der Waals surface area contributed by atoms with Gasteiger partial charge in [0.15, 0.2) is 5.82 Å². The molecule has 5 heteroatoms. The molecule has 2 aliphatic rings. The van der Waals surface area contributed by atoms with Crippen molar-refractivity contribution in [1.29, 1.82) is 0 Å². The number of piperidine rings is 1. The lowest BCUT2D eigenvalue weighted by atomic mass is 9.92. The van der Waals surface area contributed by atoms with Crippen LogP contribution in [0.1, 0.15) is 49.9 Å². The van der Waals surface area contributed by atoms with Crippen molar-refractivity contribution in [3.8, 4) is 11.5 Å². The molecule has 0 N–H and O–H groups in total. The van der Waals surface area contributed by atoms with Gasteiger partial charge in [-0.25, -0.2) is 0 Å². The summed E-state index contributed by atoms with van der Waals surface area (Å²) in [5, 5.41) is 4.25.